The Balaban J connectivity index is 0.00000576. The average molecular weight is 499 g/mol. The van der Waals surface area contributed by atoms with Gasteiger partial charge >= 0.3 is 0 Å². The van der Waals surface area contributed by atoms with Crippen LogP contribution < -0.4 is 10.6 Å². The number of thioether (sulfide) groups is 1. The zero-order valence-electron chi connectivity index (χ0n) is 15.4. The maximum absolute atomic E-state index is 11.3. The third-order valence-corrected chi connectivity index (χ3v) is 5.31. The van der Waals surface area contributed by atoms with E-state index in [4.69, 9.17) is 0 Å². The van der Waals surface area contributed by atoms with E-state index in [2.05, 4.69) is 34.7 Å². The van der Waals surface area contributed by atoms with E-state index in [1.54, 1.807) is 11.8 Å². The Morgan fingerprint density at radius 3 is 2.44 bits per heavy atom. The summed E-state index contributed by atoms with van der Waals surface area (Å²) in [4.78, 5) is 5.85. The molecule has 2 atom stereocenters. The molecule has 0 heterocycles. The number of nitrogens with one attached hydrogen (secondary N) is 2. The minimum Gasteiger partial charge on any atom is -0.357 e. The van der Waals surface area contributed by atoms with Gasteiger partial charge < -0.3 is 10.6 Å². The van der Waals surface area contributed by atoms with Crippen LogP contribution in [-0.2, 0) is 9.84 Å². The third-order valence-electron chi connectivity index (χ3n) is 3.24. The van der Waals surface area contributed by atoms with Gasteiger partial charge in [0.1, 0.15) is 9.84 Å². The Hall–Kier alpha value is -0.480. The predicted octanol–water partition coefficient (Wildman–Crippen LogP) is 3.16. The van der Waals surface area contributed by atoms with Gasteiger partial charge in [0.2, 0.25) is 0 Å². The molecule has 1 aromatic carbocycles. The average Bonchev–Trinajstić information content (AvgIpc) is 2.51. The summed E-state index contributed by atoms with van der Waals surface area (Å²) < 4.78 is 22.5. The Bertz CT molecular complexity index is 610. The maximum Gasteiger partial charge on any atom is 0.191 e. The van der Waals surface area contributed by atoms with E-state index in [0.29, 0.717) is 18.2 Å². The summed E-state index contributed by atoms with van der Waals surface area (Å²) in [5, 5.41) is 6.84. The molecule has 1 rings (SSSR count). The van der Waals surface area contributed by atoms with E-state index < -0.39 is 9.84 Å². The lowest BCUT2D eigenvalue weighted by atomic mass is 10.3. The predicted molar refractivity (Wildman–Crippen MR) is 120 cm³/mol. The summed E-state index contributed by atoms with van der Waals surface area (Å²) in [5.74, 6) is 0.917. The molecule has 2 N–H and O–H groups in total. The third kappa shape index (κ3) is 12.5. The van der Waals surface area contributed by atoms with Crippen molar-refractivity contribution in [3.63, 3.8) is 0 Å². The molecule has 0 aliphatic rings. The lowest BCUT2D eigenvalue weighted by Crippen LogP contribution is -2.43. The second-order valence-electron chi connectivity index (χ2n) is 5.93. The minimum absolute atomic E-state index is 0. The van der Waals surface area contributed by atoms with Crippen LogP contribution in [0.15, 0.2) is 40.2 Å². The van der Waals surface area contributed by atoms with E-state index in [1.807, 2.05) is 32.0 Å². The van der Waals surface area contributed by atoms with Crippen molar-refractivity contribution < 1.29 is 8.42 Å². The Morgan fingerprint density at radius 2 is 1.88 bits per heavy atom. The molecule has 0 amide bonds. The summed E-state index contributed by atoms with van der Waals surface area (Å²) in [6, 6.07) is 10.3. The van der Waals surface area contributed by atoms with Crippen LogP contribution >= 0.6 is 35.7 Å². The van der Waals surface area contributed by atoms with Crippen LogP contribution in [0.5, 0.6) is 0 Å². The van der Waals surface area contributed by atoms with Gasteiger partial charge in [-0.3, -0.25) is 4.99 Å². The van der Waals surface area contributed by atoms with Crippen LogP contribution in [0.4, 0.5) is 0 Å². The van der Waals surface area contributed by atoms with E-state index in [1.165, 1.54) is 11.2 Å². The van der Waals surface area contributed by atoms with Gasteiger partial charge in [-0.25, -0.2) is 8.42 Å². The highest BCUT2D eigenvalue weighted by molar-refractivity contribution is 14.0. The van der Waals surface area contributed by atoms with Gasteiger partial charge in [0.25, 0.3) is 0 Å². The van der Waals surface area contributed by atoms with Gasteiger partial charge in [-0.2, -0.15) is 0 Å². The van der Waals surface area contributed by atoms with Crippen LogP contribution in [0.25, 0.3) is 0 Å². The molecule has 0 radical (unpaired) electrons. The molecule has 0 saturated carbocycles. The molecule has 0 fully saturated rings. The quantitative estimate of drug-likeness (QED) is 0.237. The van der Waals surface area contributed by atoms with Gasteiger partial charge in [-0.1, -0.05) is 25.1 Å². The number of hydrogen-bond donors (Lipinski definition) is 2. The Labute approximate surface area is 173 Å². The van der Waals surface area contributed by atoms with Gasteiger partial charge in [0.15, 0.2) is 5.96 Å². The largest absolute Gasteiger partial charge is 0.357 e. The minimum atomic E-state index is -2.93. The lowest BCUT2D eigenvalue weighted by molar-refractivity contribution is 0.581. The second-order valence-corrected chi connectivity index (χ2v) is 9.70. The van der Waals surface area contributed by atoms with Crippen molar-refractivity contribution in [2.24, 2.45) is 4.99 Å². The van der Waals surface area contributed by atoms with E-state index in [9.17, 15) is 8.42 Å². The highest BCUT2D eigenvalue weighted by Crippen LogP contribution is 2.22. The van der Waals surface area contributed by atoms with Crippen LogP contribution in [0, 0.1) is 0 Å². The van der Waals surface area contributed by atoms with E-state index >= 15 is 0 Å². The number of rotatable bonds is 9. The molecule has 25 heavy (non-hydrogen) atoms. The number of halogens is 1. The molecular formula is C17H30IN3O2S2. The number of sulfone groups is 1. The molecule has 144 valence electrons. The van der Waals surface area contributed by atoms with Crippen molar-refractivity contribution in [3.8, 4) is 0 Å². The number of aliphatic imine (C=N–C) groups is 1. The molecule has 0 aliphatic heterocycles. The fourth-order valence-electron chi connectivity index (χ4n) is 2.00. The summed E-state index contributed by atoms with van der Waals surface area (Å²) >= 11 is 1.79. The van der Waals surface area contributed by atoms with Gasteiger partial charge in [-0.15, -0.1) is 35.7 Å². The number of guanidine groups is 1. The van der Waals surface area contributed by atoms with E-state index in [-0.39, 0.29) is 35.8 Å². The number of hydrogen-bond acceptors (Lipinski definition) is 4. The van der Waals surface area contributed by atoms with Gasteiger partial charge in [0.05, 0.1) is 12.3 Å². The molecule has 0 bridgehead atoms. The zero-order chi connectivity index (χ0) is 18.0. The molecule has 0 aliphatic carbocycles. The second kappa shape index (κ2) is 12.8. The standard InChI is InChI=1S/C17H29N3O2S2.HI/c1-5-18-17(20-14(2)11-12-24(4,21)22)19-13-15(3)23-16-9-7-6-8-10-16;/h6-10,14-15H,5,11-13H2,1-4H3,(H2,18,19,20);1H. The molecule has 5 nitrogen and oxygen atoms in total. The fourth-order valence-corrected chi connectivity index (χ4v) is 3.71. The smallest absolute Gasteiger partial charge is 0.191 e. The Morgan fingerprint density at radius 1 is 1.24 bits per heavy atom. The molecule has 1 aromatic rings. The van der Waals surface area contributed by atoms with Gasteiger partial charge in [0, 0.05) is 29.0 Å². The van der Waals surface area contributed by atoms with Crippen LogP contribution in [-0.4, -0.2) is 50.8 Å². The fraction of sp³-hybridized carbons (Fsp3) is 0.588. The first-order valence-electron chi connectivity index (χ1n) is 8.24. The van der Waals surface area contributed by atoms with Crippen molar-refractivity contribution in [2.75, 3.05) is 25.1 Å². The highest BCUT2D eigenvalue weighted by atomic mass is 127. The normalized spacial score (nSPS) is 14.3. The summed E-state index contributed by atoms with van der Waals surface area (Å²) in [5.41, 5.74) is 0. The zero-order valence-corrected chi connectivity index (χ0v) is 19.3. The van der Waals surface area contributed by atoms with Crippen LogP contribution in [0.2, 0.25) is 0 Å². The van der Waals surface area contributed by atoms with Crippen molar-refractivity contribution in [1.82, 2.24) is 10.6 Å². The first kappa shape index (κ1) is 24.5. The molecular weight excluding hydrogens is 469 g/mol. The SMILES string of the molecule is CCNC(=NCC(C)Sc1ccccc1)NC(C)CCS(C)(=O)=O.I. The maximum atomic E-state index is 11.3. The molecule has 2 unspecified atom stereocenters. The van der Waals surface area contributed by atoms with Crippen LogP contribution in [0.3, 0.4) is 0 Å². The lowest BCUT2D eigenvalue weighted by Gasteiger charge is -2.18. The topological polar surface area (TPSA) is 70.6 Å². The Kier molecular flexibility index (Phi) is 12.6. The van der Waals surface area contributed by atoms with E-state index in [0.717, 1.165) is 12.5 Å². The van der Waals surface area contributed by atoms with Crippen molar-refractivity contribution in [3.05, 3.63) is 30.3 Å². The van der Waals surface area contributed by atoms with Crippen molar-refractivity contribution in [1.29, 1.82) is 0 Å². The number of benzene rings is 1. The van der Waals surface area contributed by atoms with Gasteiger partial charge in [-0.05, 0) is 32.4 Å². The first-order valence-corrected chi connectivity index (χ1v) is 11.2. The summed E-state index contributed by atoms with van der Waals surface area (Å²) in [7, 11) is -2.93. The summed E-state index contributed by atoms with van der Waals surface area (Å²) in [6.45, 7) is 7.59. The molecule has 0 spiro atoms. The molecule has 8 heteroatoms. The number of nitrogens with zero attached hydrogens (tertiary/aromatic N) is 1. The van der Waals surface area contributed by atoms with Crippen molar-refractivity contribution >= 4 is 51.5 Å². The molecule has 0 saturated heterocycles. The highest BCUT2D eigenvalue weighted by Gasteiger charge is 2.10. The molecule has 0 aromatic heterocycles. The first-order chi connectivity index (χ1) is 11.3. The monoisotopic (exact) mass is 499 g/mol. The van der Waals surface area contributed by atoms with Crippen LogP contribution in [0.1, 0.15) is 27.2 Å². The van der Waals surface area contributed by atoms with Crippen molar-refractivity contribution in [2.45, 2.75) is 43.4 Å². The summed E-state index contributed by atoms with van der Waals surface area (Å²) in [6.07, 6.45) is 1.83.